The second-order valence-corrected chi connectivity index (χ2v) is 8.44. The highest BCUT2D eigenvalue weighted by atomic mass is 32.2. The second-order valence-electron chi connectivity index (χ2n) is 6.69. The summed E-state index contributed by atoms with van der Waals surface area (Å²) in [6.45, 7) is 0. The van der Waals surface area contributed by atoms with Crippen LogP contribution >= 0.6 is 0 Å². The number of carbonyl (C=O) groups excluding carboxylic acids is 2. The van der Waals surface area contributed by atoms with E-state index in [0.717, 1.165) is 17.5 Å². The molecule has 1 N–H and O–H groups in total. The van der Waals surface area contributed by atoms with Gasteiger partial charge in [0.05, 0.1) is 19.8 Å². The Labute approximate surface area is 171 Å². The molecule has 29 heavy (non-hydrogen) atoms. The normalized spacial score (nSPS) is 11.7. The minimum atomic E-state index is -3.41. The maximum atomic E-state index is 12.9. The number of benzene rings is 2. The van der Waals surface area contributed by atoms with E-state index >= 15 is 0 Å². The lowest BCUT2D eigenvalue weighted by Gasteiger charge is -2.12. The summed E-state index contributed by atoms with van der Waals surface area (Å²) in [4.78, 5) is 26.7. The summed E-state index contributed by atoms with van der Waals surface area (Å²) >= 11 is 0. The molecule has 2 aromatic rings. The van der Waals surface area contributed by atoms with E-state index in [1.54, 1.807) is 6.08 Å². The average molecular weight is 416 g/mol. The topological polar surface area (TPSA) is 92.8 Å². The van der Waals surface area contributed by atoms with Crippen molar-refractivity contribution in [3.05, 3.63) is 65.2 Å². The molecule has 0 amide bonds. The fourth-order valence-corrected chi connectivity index (χ4v) is 3.15. The van der Waals surface area contributed by atoms with Gasteiger partial charge in [-0.05, 0) is 48.0 Å². The number of methoxy groups -OCH3 is 1. The van der Waals surface area contributed by atoms with Crippen molar-refractivity contribution in [2.75, 3.05) is 37.1 Å². The third-order valence-electron chi connectivity index (χ3n) is 4.05. The molecule has 0 bridgehead atoms. The molecule has 0 heterocycles. The van der Waals surface area contributed by atoms with Gasteiger partial charge in [0.15, 0.2) is 5.78 Å². The van der Waals surface area contributed by atoms with Gasteiger partial charge in [-0.2, -0.15) is 0 Å². The molecule has 0 aromatic heterocycles. The Hall–Kier alpha value is -3.13. The minimum absolute atomic E-state index is 0.173. The van der Waals surface area contributed by atoms with E-state index < -0.39 is 16.0 Å². The van der Waals surface area contributed by atoms with Gasteiger partial charge in [-0.3, -0.25) is 14.3 Å². The van der Waals surface area contributed by atoms with Crippen LogP contribution in [0.5, 0.6) is 0 Å². The Morgan fingerprint density at radius 1 is 1.03 bits per heavy atom. The number of hydrogen-bond acceptors (Lipinski definition) is 6. The van der Waals surface area contributed by atoms with Crippen molar-refractivity contribution < 1.29 is 22.7 Å². The molecular formula is C21H24N2O5S. The van der Waals surface area contributed by atoms with Gasteiger partial charge < -0.3 is 9.64 Å². The van der Waals surface area contributed by atoms with Gasteiger partial charge >= 0.3 is 5.97 Å². The Bertz CT molecular complexity index is 1010. The lowest BCUT2D eigenvalue weighted by atomic mass is 9.98. The molecule has 7 nitrogen and oxygen atoms in total. The molecule has 2 rings (SSSR count). The van der Waals surface area contributed by atoms with Gasteiger partial charge in [0, 0.05) is 36.6 Å². The first-order chi connectivity index (χ1) is 13.6. The molecule has 154 valence electrons. The Balaban J connectivity index is 2.33. The largest absolute Gasteiger partial charge is 0.469 e. The van der Waals surface area contributed by atoms with Gasteiger partial charge in [-0.15, -0.1) is 0 Å². The zero-order chi connectivity index (χ0) is 21.6. The standard InChI is InChI=1S/C21H24N2O5S/c1-23(2)19-11-5-15(6-12-19)13-17(14-20(24)28-3)21(25)16-7-9-18(10-8-16)22-29(4,26)27/h5-13,22H,14H2,1-4H3/b17-13-. The number of hydrogen-bond donors (Lipinski definition) is 1. The average Bonchev–Trinajstić information content (AvgIpc) is 2.66. The minimum Gasteiger partial charge on any atom is -0.469 e. The SMILES string of the molecule is COC(=O)C/C(=C/c1ccc(N(C)C)cc1)C(=O)c1ccc(NS(C)(=O)=O)cc1. The molecule has 0 spiro atoms. The predicted octanol–water partition coefficient (Wildman–Crippen LogP) is 2.95. The summed E-state index contributed by atoms with van der Waals surface area (Å²) in [7, 11) is 1.72. The van der Waals surface area contributed by atoms with Crippen LogP contribution in [0.3, 0.4) is 0 Å². The third kappa shape index (κ3) is 6.76. The highest BCUT2D eigenvalue weighted by Crippen LogP contribution is 2.20. The maximum Gasteiger partial charge on any atom is 0.310 e. The molecule has 2 aromatic carbocycles. The zero-order valence-electron chi connectivity index (χ0n) is 16.8. The summed E-state index contributed by atoms with van der Waals surface area (Å²) in [6.07, 6.45) is 2.53. The second kappa shape index (κ2) is 9.38. The van der Waals surface area contributed by atoms with Gasteiger partial charge in [-0.1, -0.05) is 12.1 Å². The van der Waals surface area contributed by atoms with Crippen molar-refractivity contribution in [2.24, 2.45) is 0 Å². The van der Waals surface area contributed by atoms with E-state index in [1.165, 1.54) is 31.4 Å². The molecule has 8 heteroatoms. The monoisotopic (exact) mass is 416 g/mol. The highest BCUT2D eigenvalue weighted by molar-refractivity contribution is 7.92. The van der Waals surface area contributed by atoms with Crippen LogP contribution in [0.25, 0.3) is 6.08 Å². The Kier molecular flexibility index (Phi) is 7.17. The molecule has 0 saturated carbocycles. The Morgan fingerprint density at radius 2 is 1.62 bits per heavy atom. The fraction of sp³-hybridized carbons (Fsp3) is 0.238. The molecule has 0 unspecified atom stereocenters. The van der Waals surface area contributed by atoms with Crippen LogP contribution in [0.4, 0.5) is 11.4 Å². The molecule has 0 aliphatic rings. The van der Waals surface area contributed by atoms with E-state index in [4.69, 9.17) is 4.74 Å². The first-order valence-corrected chi connectivity index (χ1v) is 10.7. The van der Waals surface area contributed by atoms with Crippen LogP contribution < -0.4 is 9.62 Å². The van der Waals surface area contributed by atoms with Crippen LogP contribution in [0.15, 0.2) is 54.1 Å². The summed E-state index contributed by atoms with van der Waals surface area (Å²) in [5, 5.41) is 0. The van der Waals surface area contributed by atoms with Crippen LogP contribution in [0, 0.1) is 0 Å². The number of carbonyl (C=O) groups is 2. The number of sulfonamides is 1. The van der Waals surface area contributed by atoms with E-state index in [1.807, 2.05) is 43.3 Å². The summed E-state index contributed by atoms with van der Waals surface area (Å²) in [5.74, 6) is -0.858. The summed E-state index contributed by atoms with van der Waals surface area (Å²) in [6, 6.07) is 13.6. The van der Waals surface area contributed by atoms with Crippen molar-refractivity contribution in [2.45, 2.75) is 6.42 Å². The smallest absolute Gasteiger partial charge is 0.310 e. The van der Waals surface area contributed by atoms with Crippen molar-refractivity contribution in [1.29, 1.82) is 0 Å². The molecule has 0 aliphatic heterocycles. The predicted molar refractivity (Wildman–Crippen MR) is 115 cm³/mol. The van der Waals surface area contributed by atoms with Crippen LogP contribution in [-0.4, -0.2) is 47.6 Å². The highest BCUT2D eigenvalue weighted by Gasteiger charge is 2.17. The van der Waals surface area contributed by atoms with E-state index in [9.17, 15) is 18.0 Å². The quantitative estimate of drug-likeness (QED) is 0.404. The van der Waals surface area contributed by atoms with Gasteiger partial charge in [0.25, 0.3) is 0 Å². The number of ether oxygens (including phenoxy) is 1. The summed E-state index contributed by atoms with van der Waals surface area (Å²) in [5.41, 5.74) is 2.75. The molecule has 0 radical (unpaired) electrons. The summed E-state index contributed by atoms with van der Waals surface area (Å²) < 4.78 is 29.7. The number of ketones is 1. The van der Waals surface area contributed by atoms with Crippen molar-refractivity contribution in [1.82, 2.24) is 0 Å². The Morgan fingerprint density at radius 3 is 2.10 bits per heavy atom. The number of rotatable bonds is 8. The third-order valence-corrected chi connectivity index (χ3v) is 4.66. The number of esters is 1. The zero-order valence-corrected chi connectivity index (χ0v) is 17.6. The number of nitrogens with zero attached hydrogens (tertiary/aromatic N) is 1. The number of nitrogens with one attached hydrogen (secondary N) is 1. The van der Waals surface area contributed by atoms with Crippen LogP contribution in [0.2, 0.25) is 0 Å². The van der Waals surface area contributed by atoms with Crippen LogP contribution in [0.1, 0.15) is 22.3 Å². The molecule has 0 saturated heterocycles. The number of anilines is 2. The maximum absolute atomic E-state index is 12.9. The van der Waals surface area contributed by atoms with E-state index in [-0.39, 0.29) is 17.8 Å². The molecule has 0 atom stereocenters. The van der Waals surface area contributed by atoms with Crippen molar-refractivity contribution >= 4 is 39.2 Å². The van der Waals surface area contributed by atoms with Crippen molar-refractivity contribution in [3.63, 3.8) is 0 Å². The van der Waals surface area contributed by atoms with Gasteiger partial charge in [0.2, 0.25) is 10.0 Å². The van der Waals surface area contributed by atoms with E-state index in [0.29, 0.717) is 11.3 Å². The number of Topliss-reactive ketones (excluding diaryl/α,β-unsaturated/α-hetero) is 1. The van der Waals surface area contributed by atoms with Gasteiger partial charge in [-0.25, -0.2) is 8.42 Å². The van der Waals surface area contributed by atoms with Crippen LogP contribution in [-0.2, 0) is 19.6 Å². The molecular weight excluding hydrogens is 392 g/mol. The molecule has 0 aliphatic carbocycles. The van der Waals surface area contributed by atoms with Gasteiger partial charge in [0.1, 0.15) is 0 Å². The first-order valence-electron chi connectivity index (χ1n) is 8.76. The first kappa shape index (κ1) is 22.2. The van der Waals surface area contributed by atoms with E-state index in [2.05, 4.69) is 4.72 Å². The molecule has 0 fully saturated rings. The van der Waals surface area contributed by atoms with Crippen molar-refractivity contribution in [3.8, 4) is 0 Å². The lowest BCUT2D eigenvalue weighted by Crippen LogP contribution is -2.11. The fourth-order valence-electron chi connectivity index (χ4n) is 2.58. The lowest BCUT2D eigenvalue weighted by molar-refractivity contribution is -0.139.